The highest BCUT2D eigenvalue weighted by Crippen LogP contribution is 2.30. The maximum atomic E-state index is 9.92. The van der Waals surface area contributed by atoms with Gasteiger partial charge in [0.2, 0.25) is 11.8 Å². The molecule has 0 aliphatic carbocycles. The van der Waals surface area contributed by atoms with Gasteiger partial charge >= 0.3 is 0 Å². The van der Waals surface area contributed by atoms with Gasteiger partial charge in [-0.3, -0.25) is 0 Å². The van der Waals surface area contributed by atoms with Gasteiger partial charge in [-0.15, -0.1) is 10.2 Å². The third-order valence-corrected chi connectivity index (χ3v) is 3.60. The number of anilines is 1. The summed E-state index contributed by atoms with van der Waals surface area (Å²) in [5.41, 5.74) is 1.82. The van der Waals surface area contributed by atoms with Gasteiger partial charge in [0.05, 0.1) is 16.7 Å². The predicted molar refractivity (Wildman–Crippen MR) is 78.0 cm³/mol. The monoisotopic (exact) mass is 306 g/mol. The zero-order chi connectivity index (χ0) is 15.6. The van der Waals surface area contributed by atoms with Crippen LogP contribution in [0.15, 0.2) is 16.5 Å². The number of aromatic nitrogens is 2. The molecule has 0 radical (unpaired) electrons. The second-order valence-corrected chi connectivity index (χ2v) is 5.11. The molecule has 1 aromatic carbocycles. The van der Waals surface area contributed by atoms with E-state index in [-0.39, 0.29) is 0 Å². The summed E-state index contributed by atoms with van der Waals surface area (Å²) in [6.45, 7) is 5.10. The SMILES string of the molecule is Cc1nnc([C@H](Nc2ccc(C#N)c(Cl)c2C)[C@H](C)O)o1. The Kier molecular flexibility index (Phi) is 4.46. The van der Waals surface area contributed by atoms with Crippen LogP contribution >= 0.6 is 11.6 Å². The Bertz CT molecular complexity index is 691. The molecule has 0 saturated heterocycles. The summed E-state index contributed by atoms with van der Waals surface area (Å²) in [7, 11) is 0. The zero-order valence-corrected chi connectivity index (χ0v) is 12.6. The van der Waals surface area contributed by atoms with Crippen LogP contribution in [0.1, 0.15) is 35.9 Å². The zero-order valence-electron chi connectivity index (χ0n) is 11.9. The fourth-order valence-corrected chi connectivity index (χ4v) is 2.13. The van der Waals surface area contributed by atoms with E-state index in [9.17, 15) is 5.11 Å². The number of nitriles is 1. The van der Waals surface area contributed by atoms with Crippen LogP contribution in [0.4, 0.5) is 5.69 Å². The van der Waals surface area contributed by atoms with Gasteiger partial charge in [0.15, 0.2) is 0 Å². The number of nitrogens with zero attached hydrogens (tertiary/aromatic N) is 3. The largest absolute Gasteiger partial charge is 0.423 e. The minimum absolute atomic E-state index is 0.294. The molecule has 0 saturated carbocycles. The van der Waals surface area contributed by atoms with E-state index < -0.39 is 12.1 Å². The quantitative estimate of drug-likeness (QED) is 0.902. The summed E-state index contributed by atoms with van der Waals surface area (Å²) in [6, 6.07) is 4.82. The number of halogens is 1. The van der Waals surface area contributed by atoms with Gasteiger partial charge in [-0.2, -0.15) is 5.26 Å². The van der Waals surface area contributed by atoms with Crippen LogP contribution in [-0.2, 0) is 0 Å². The van der Waals surface area contributed by atoms with E-state index in [2.05, 4.69) is 15.5 Å². The van der Waals surface area contributed by atoms with Crippen LogP contribution in [0.2, 0.25) is 5.02 Å². The molecule has 2 rings (SSSR count). The van der Waals surface area contributed by atoms with E-state index in [1.54, 1.807) is 32.9 Å². The van der Waals surface area contributed by atoms with Crippen molar-refractivity contribution in [3.63, 3.8) is 0 Å². The average molecular weight is 307 g/mol. The Labute approximate surface area is 127 Å². The lowest BCUT2D eigenvalue weighted by Crippen LogP contribution is -2.23. The molecular weight excluding hydrogens is 292 g/mol. The maximum Gasteiger partial charge on any atom is 0.241 e. The first-order valence-electron chi connectivity index (χ1n) is 6.37. The molecule has 1 aromatic heterocycles. The number of aliphatic hydroxyl groups excluding tert-OH is 1. The highest BCUT2D eigenvalue weighted by molar-refractivity contribution is 6.32. The summed E-state index contributed by atoms with van der Waals surface area (Å²) < 4.78 is 5.36. The molecule has 0 aliphatic rings. The molecule has 2 N–H and O–H groups in total. The van der Waals surface area contributed by atoms with Crippen LogP contribution in [0.25, 0.3) is 0 Å². The molecule has 110 valence electrons. The molecule has 2 atom stereocenters. The molecule has 0 spiro atoms. The van der Waals surface area contributed by atoms with Crippen LogP contribution < -0.4 is 5.32 Å². The van der Waals surface area contributed by atoms with Gasteiger partial charge in [-0.05, 0) is 31.5 Å². The molecule has 21 heavy (non-hydrogen) atoms. The van der Waals surface area contributed by atoms with E-state index in [0.717, 1.165) is 5.56 Å². The fraction of sp³-hybridized carbons (Fsp3) is 0.357. The van der Waals surface area contributed by atoms with Gasteiger partial charge in [0.1, 0.15) is 12.1 Å². The van der Waals surface area contributed by atoms with Gasteiger partial charge in [-0.25, -0.2) is 0 Å². The minimum Gasteiger partial charge on any atom is -0.423 e. The molecular formula is C14H15ClN4O2. The first-order chi connectivity index (χ1) is 9.93. The Hall–Kier alpha value is -2.10. The summed E-state index contributed by atoms with van der Waals surface area (Å²) in [5.74, 6) is 0.717. The lowest BCUT2D eigenvalue weighted by atomic mass is 10.1. The van der Waals surface area contributed by atoms with Crippen molar-refractivity contribution in [1.29, 1.82) is 5.26 Å². The van der Waals surface area contributed by atoms with Crippen LogP contribution in [0.3, 0.4) is 0 Å². The predicted octanol–water partition coefficient (Wildman–Crippen LogP) is 2.75. The molecule has 0 fully saturated rings. The highest BCUT2D eigenvalue weighted by Gasteiger charge is 2.24. The summed E-state index contributed by atoms with van der Waals surface area (Å²) in [5, 5.41) is 30.1. The molecule has 6 nitrogen and oxygen atoms in total. The maximum absolute atomic E-state index is 9.92. The van der Waals surface area contributed by atoms with Crippen molar-refractivity contribution in [1.82, 2.24) is 10.2 Å². The second-order valence-electron chi connectivity index (χ2n) is 4.73. The van der Waals surface area contributed by atoms with Gasteiger partial charge in [0, 0.05) is 12.6 Å². The molecule has 0 bridgehead atoms. The fourth-order valence-electron chi connectivity index (χ4n) is 1.92. The van der Waals surface area contributed by atoms with Crippen molar-refractivity contribution < 1.29 is 9.52 Å². The number of hydrogen-bond donors (Lipinski definition) is 2. The van der Waals surface area contributed by atoms with Crippen LogP contribution in [0.5, 0.6) is 0 Å². The van der Waals surface area contributed by atoms with Crippen molar-refractivity contribution in [2.45, 2.75) is 32.9 Å². The van der Waals surface area contributed by atoms with Crippen molar-refractivity contribution in [3.05, 3.63) is 40.1 Å². The van der Waals surface area contributed by atoms with Crippen molar-refractivity contribution >= 4 is 17.3 Å². The third-order valence-electron chi connectivity index (χ3n) is 3.11. The Morgan fingerprint density at radius 2 is 2.10 bits per heavy atom. The first-order valence-corrected chi connectivity index (χ1v) is 6.75. The number of aliphatic hydroxyl groups is 1. The van der Waals surface area contributed by atoms with Crippen LogP contribution in [0, 0.1) is 25.2 Å². The van der Waals surface area contributed by atoms with Gasteiger partial charge in [-0.1, -0.05) is 11.6 Å². The number of aryl methyl sites for hydroxylation is 1. The molecule has 0 unspecified atom stereocenters. The van der Waals surface area contributed by atoms with E-state index >= 15 is 0 Å². The number of hydrogen-bond acceptors (Lipinski definition) is 6. The van der Waals surface area contributed by atoms with Crippen molar-refractivity contribution in [2.75, 3.05) is 5.32 Å². The van der Waals surface area contributed by atoms with E-state index in [1.807, 2.05) is 6.07 Å². The molecule has 1 heterocycles. The summed E-state index contributed by atoms with van der Waals surface area (Å²) in [6.07, 6.45) is -0.751. The number of rotatable bonds is 4. The lowest BCUT2D eigenvalue weighted by Gasteiger charge is -2.21. The van der Waals surface area contributed by atoms with Crippen molar-refractivity contribution in [2.24, 2.45) is 0 Å². The topological polar surface area (TPSA) is 95.0 Å². The Balaban J connectivity index is 2.35. The van der Waals surface area contributed by atoms with E-state index in [4.69, 9.17) is 21.3 Å². The summed E-state index contributed by atoms with van der Waals surface area (Å²) >= 11 is 6.14. The van der Waals surface area contributed by atoms with E-state index in [0.29, 0.717) is 28.1 Å². The normalized spacial score (nSPS) is 13.5. The molecule has 0 amide bonds. The number of benzene rings is 1. The van der Waals surface area contributed by atoms with Gasteiger partial charge in [0.25, 0.3) is 0 Å². The Morgan fingerprint density at radius 1 is 1.38 bits per heavy atom. The first kappa shape index (κ1) is 15.3. The second kappa shape index (κ2) is 6.12. The molecule has 7 heteroatoms. The minimum atomic E-state index is -0.751. The van der Waals surface area contributed by atoms with Gasteiger partial charge < -0.3 is 14.8 Å². The summed E-state index contributed by atoms with van der Waals surface area (Å²) in [4.78, 5) is 0. The molecule has 0 aliphatic heterocycles. The Morgan fingerprint density at radius 3 is 2.62 bits per heavy atom. The molecule has 2 aromatic rings. The lowest BCUT2D eigenvalue weighted by molar-refractivity contribution is 0.159. The average Bonchev–Trinajstić information content (AvgIpc) is 2.86. The smallest absolute Gasteiger partial charge is 0.241 e. The van der Waals surface area contributed by atoms with Crippen molar-refractivity contribution in [3.8, 4) is 6.07 Å². The number of nitrogens with one attached hydrogen (secondary N) is 1. The highest BCUT2D eigenvalue weighted by atomic mass is 35.5. The van der Waals surface area contributed by atoms with Crippen LogP contribution in [-0.4, -0.2) is 21.4 Å². The third kappa shape index (κ3) is 3.15. The standard InChI is InChI=1S/C14H15ClN4O2/c1-7-11(5-4-10(6-16)12(7)15)17-13(8(2)20)14-19-18-9(3)21-14/h4-5,8,13,17,20H,1-3H3/t8-,13+/m0/s1. The van der Waals surface area contributed by atoms with E-state index in [1.165, 1.54) is 0 Å².